The topological polar surface area (TPSA) is 87.7 Å². The number of benzene rings is 1. The van der Waals surface area contributed by atoms with E-state index < -0.39 is 41.1 Å². The molecule has 1 rings (SSSR count). The fraction of sp³-hybridized carbons (Fsp3) is 0.542. The van der Waals surface area contributed by atoms with Gasteiger partial charge in [-0.25, -0.2) is 4.79 Å². The van der Waals surface area contributed by atoms with Gasteiger partial charge < -0.3 is 15.4 Å². The van der Waals surface area contributed by atoms with Crippen LogP contribution in [0.1, 0.15) is 67.0 Å². The predicted molar refractivity (Wildman–Crippen MR) is 121 cm³/mol. The van der Waals surface area contributed by atoms with Gasteiger partial charge in [0.25, 0.3) is 5.91 Å². The van der Waals surface area contributed by atoms with E-state index in [2.05, 4.69) is 16.7 Å². The van der Waals surface area contributed by atoms with Crippen LogP contribution in [0, 0.1) is 18.4 Å². The Bertz CT molecular complexity index is 814. The molecule has 0 saturated carbocycles. The monoisotopic (exact) mass is 429 g/mol. The normalized spacial score (nSPS) is 13.5. The van der Waals surface area contributed by atoms with Crippen LogP contribution in [0.3, 0.4) is 0 Å². The molecule has 0 aliphatic heterocycles. The summed E-state index contributed by atoms with van der Waals surface area (Å²) in [6, 6.07) is 9.14. The van der Waals surface area contributed by atoms with E-state index in [4.69, 9.17) is 11.2 Å². The molecular weight excluding hydrogens is 394 g/mol. The highest BCUT2D eigenvalue weighted by Crippen LogP contribution is 2.24. The van der Waals surface area contributed by atoms with Gasteiger partial charge in [-0.1, -0.05) is 50.6 Å². The highest BCUT2D eigenvalue weighted by molar-refractivity contribution is 5.93. The van der Waals surface area contributed by atoms with E-state index in [1.165, 1.54) is 0 Å². The van der Waals surface area contributed by atoms with Gasteiger partial charge in [0.05, 0.1) is 0 Å². The zero-order chi connectivity index (χ0) is 24.0. The van der Waals surface area contributed by atoms with E-state index in [1.807, 2.05) is 26.8 Å². The van der Waals surface area contributed by atoms with Gasteiger partial charge in [0.1, 0.15) is 17.7 Å². The molecule has 1 aromatic carbocycles. The van der Waals surface area contributed by atoms with Crippen molar-refractivity contribution in [3.8, 4) is 12.5 Å². The molecule has 1 aromatic rings. The summed E-state index contributed by atoms with van der Waals surface area (Å²) in [6.45, 7) is 14.3. The molecular formula is C24H35N3O4. The lowest BCUT2D eigenvalue weighted by atomic mass is 9.98. The van der Waals surface area contributed by atoms with Crippen LogP contribution in [-0.2, 0) is 14.3 Å². The summed E-state index contributed by atoms with van der Waals surface area (Å²) in [5.74, 6) is -1.27. The average molecular weight is 430 g/mol. The smallest absolute Gasteiger partial charge is 0.408 e. The van der Waals surface area contributed by atoms with E-state index >= 15 is 0 Å². The van der Waals surface area contributed by atoms with E-state index in [9.17, 15) is 14.4 Å². The molecule has 0 spiro atoms. The summed E-state index contributed by atoms with van der Waals surface area (Å²) in [4.78, 5) is 39.9. The number of carbonyl (C=O) groups excluding carboxylic acids is 3. The molecule has 2 N–H and O–H groups in total. The van der Waals surface area contributed by atoms with Gasteiger partial charge in [0.2, 0.25) is 5.91 Å². The number of terminal acetylenes is 1. The van der Waals surface area contributed by atoms with Crippen LogP contribution < -0.4 is 10.6 Å². The second kappa shape index (κ2) is 10.3. The predicted octanol–water partition coefficient (Wildman–Crippen LogP) is 3.61. The van der Waals surface area contributed by atoms with Gasteiger partial charge in [-0.3, -0.25) is 14.5 Å². The van der Waals surface area contributed by atoms with Crippen molar-refractivity contribution in [2.45, 2.75) is 78.6 Å². The van der Waals surface area contributed by atoms with Crippen LogP contribution in [0.4, 0.5) is 4.79 Å². The number of hydrogen-bond acceptors (Lipinski definition) is 4. The number of nitrogens with zero attached hydrogens (tertiary/aromatic N) is 1. The maximum Gasteiger partial charge on any atom is 0.408 e. The largest absolute Gasteiger partial charge is 0.444 e. The lowest BCUT2D eigenvalue weighted by Crippen LogP contribution is -2.54. The van der Waals surface area contributed by atoms with Crippen LogP contribution in [0.2, 0.25) is 0 Å². The summed E-state index contributed by atoms with van der Waals surface area (Å²) >= 11 is 0. The summed E-state index contributed by atoms with van der Waals surface area (Å²) in [5.41, 5.74) is -0.686. The van der Waals surface area contributed by atoms with Crippen molar-refractivity contribution in [2.24, 2.45) is 5.92 Å². The van der Waals surface area contributed by atoms with Crippen LogP contribution in [0.25, 0.3) is 0 Å². The molecule has 0 saturated heterocycles. The number of hydrogen-bond donors (Lipinski definition) is 2. The number of amides is 3. The molecule has 7 nitrogen and oxygen atoms in total. The Hall–Kier alpha value is -3.01. The zero-order valence-corrected chi connectivity index (χ0v) is 19.8. The van der Waals surface area contributed by atoms with Crippen LogP contribution >= 0.6 is 0 Å². The van der Waals surface area contributed by atoms with E-state index in [-0.39, 0.29) is 5.92 Å². The molecule has 0 radical (unpaired) electrons. The molecule has 0 heterocycles. The second-order valence-corrected chi connectivity index (χ2v) is 9.76. The van der Waals surface area contributed by atoms with Gasteiger partial charge >= 0.3 is 6.09 Å². The first-order chi connectivity index (χ1) is 14.2. The lowest BCUT2D eigenvalue weighted by Gasteiger charge is -2.33. The number of nitrogens with one attached hydrogen (secondary N) is 2. The highest BCUT2D eigenvalue weighted by Gasteiger charge is 2.37. The Kier molecular flexibility index (Phi) is 8.68. The van der Waals surface area contributed by atoms with Crippen molar-refractivity contribution in [1.82, 2.24) is 15.5 Å². The molecule has 170 valence electrons. The first-order valence-corrected chi connectivity index (χ1v) is 10.3. The second-order valence-electron chi connectivity index (χ2n) is 9.76. The van der Waals surface area contributed by atoms with Crippen LogP contribution in [-0.4, -0.2) is 40.0 Å². The Balaban J connectivity index is 3.31. The SMILES string of the molecule is C#CN(C(=O)C(NC(=O)OC(C)(C)C)C(C)C)C(C(=O)NC(C)(C)C)c1ccccc1. The molecule has 31 heavy (non-hydrogen) atoms. The maximum absolute atomic E-state index is 13.4. The van der Waals surface area contributed by atoms with Crippen molar-refractivity contribution in [2.75, 3.05) is 0 Å². The van der Waals surface area contributed by atoms with Crippen molar-refractivity contribution in [1.29, 1.82) is 0 Å². The van der Waals surface area contributed by atoms with E-state index in [1.54, 1.807) is 58.9 Å². The Morgan fingerprint density at radius 2 is 1.58 bits per heavy atom. The van der Waals surface area contributed by atoms with Crippen LogP contribution in [0.15, 0.2) is 30.3 Å². The third-order valence-electron chi connectivity index (χ3n) is 4.10. The third-order valence-corrected chi connectivity index (χ3v) is 4.10. The van der Waals surface area contributed by atoms with Gasteiger partial charge in [0.15, 0.2) is 0 Å². The molecule has 0 fully saturated rings. The lowest BCUT2D eigenvalue weighted by molar-refractivity contribution is -0.140. The molecule has 7 heteroatoms. The van der Waals surface area contributed by atoms with E-state index in [0.29, 0.717) is 5.56 Å². The minimum Gasteiger partial charge on any atom is -0.444 e. The Morgan fingerprint density at radius 3 is 2.00 bits per heavy atom. The molecule has 2 unspecified atom stereocenters. The standard InChI is InChI=1S/C24H35N3O4/c1-10-27(21(29)18(16(2)3)25-22(30)31-24(7,8)9)19(17-14-12-11-13-15-17)20(28)26-23(4,5)6/h1,11-16,18-19H,2-9H3,(H,25,30)(H,26,28). The highest BCUT2D eigenvalue weighted by atomic mass is 16.6. The molecule has 0 bridgehead atoms. The summed E-state index contributed by atoms with van der Waals surface area (Å²) in [6.07, 6.45) is 4.99. The maximum atomic E-state index is 13.4. The number of alkyl carbamates (subject to hydrolysis) is 1. The van der Waals surface area contributed by atoms with Crippen LogP contribution in [0.5, 0.6) is 0 Å². The van der Waals surface area contributed by atoms with E-state index in [0.717, 1.165) is 4.90 Å². The summed E-state index contributed by atoms with van der Waals surface area (Å²) < 4.78 is 5.29. The zero-order valence-electron chi connectivity index (χ0n) is 19.8. The molecule has 3 amide bonds. The van der Waals surface area contributed by atoms with Crippen molar-refractivity contribution in [3.05, 3.63) is 35.9 Å². The quantitative estimate of drug-likeness (QED) is 0.534. The molecule has 0 aliphatic carbocycles. The third kappa shape index (κ3) is 8.33. The molecule has 2 atom stereocenters. The molecule has 0 aliphatic rings. The van der Waals surface area contributed by atoms with Crippen molar-refractivity contribution >= 4 is 17.9 Å². The summed E-state index contributed by atoms with van der Waals surface area (Å²) in [7, 11) is 0. The minimum absolute atomic E-state index is 0.294. The first kappa shape index (κ1) is 26.0. The van der Waals surface area contributed by atoms with Gasteiger partial charge in [0, 0.05) is 11.6 Å². The van der Waals surface area contributed by atoms with Gasteiger partial charge in [-0.2, -0.15) is 0 Å². The van der Waals surface area contributed by atoms with Gasteiger partial charge in [-0.15, -0.1) is 0 Å². The number of rotatable bonds is 6. The Morgan fingerprint density at radius 1 is 1.03 bits per heavy atom. The van der Waals surface area contributed by atoms with Crippen molar-refractivity contribution < 1.29 is 19.1 Å². The average Bonchev–Trinajstić information content (AvgIpc) is 2.61. The first-order valence-electron chi connectivity index (χ1n) is 10.3. The molecule has 0 aromatic heterocycles. The van der Waals surface area contributed by atoms with Crippen molar-refractivity contribution in [3.63, 3.8) is 0 Å². The fourth-order valence-corrected chi connectivity index (χ4v) is 2.85. The minimum atomic E-state index is -1.06. The fourth-order valence-electron chi connectivity index (χ4n) is 2.85. The number of carbonyl (C=O) groups is 3. The number of ether oxygens (including phenoxy) is 1. The Labute approximate surface area is 185 Å². The summed E-state index contributed by atoms with van der Waals surface area (Å²) in [5, 5.41) is 5.49. The van der Waals surface area contributed by atoms with Gasteiger partial charge in [-0.05, 0) is 53.0 Å².